The van der Waals surface area contributed by atoms with Gasteiger partial charge in [0.2, 0.25) is 0 Å². The van der Waals surface area contributed by atoms with E-state index in [1.54, 1.807) is 12.1 Å². The average molecular weight is 188 g/mol. The Hall–Kier alpha value is -1.89. The molecule has 0 unspecified atom stereocenters. The Morgan fingerprint density at radius 3 is 3.07 bits per heavy atom. The van der Waals surface area contributed by atoms with E-state index in [0.717, 1.165) is 6.54 Å². The van der Waals surface area contributed by atoms with Crippen molar-refractivity contribution in [3.05, 3.63) is 30.5 Å². The first-order chi connectivity index (χ1) is 6.83. The number of nitriles is 1. The molecule has 14 heavy (non-hydrogen) atoms. The van der Waals surface area contributed by atoms with Crippen LogP contribution in [0.4, 0.5) is 5.82 Å². The van der Waals surface area contributed by atoms with Gasteiger partial charge in [-0.05, 0) is 13.0 Å². The van der Waals surface area contributed by atoms with Crippen LogP contribution >= 0.6 is 0 Å². The summed E-state index contributed by atoms with van der Waals surface area (Å²) >= 11 is 0. The summed E-state index contributed by atoms with van der Waals surface area (Å²) in [7, 11) is 0. The zero-order valence-electron chi connectivity index (χ0n) is 8.14. The molecule has 1 aromatic rings. The summed E-state index contributed by atoms with van der Waals surface area (Å²) in [4.78, 5) is 1.94. The number of aromatic nitrogens is 2. The lowest BCUT2D eigenvalue weighted by Crippen LogP contribution is -2.24. The van der Waals surface area contributed by atoms with Crippen molar-refractivity contribution in [2.45, 2.75) is 6.92 Å². The Morgan fingerprint density at radius 2 is 2.50 bits per heavy atom. The predicted molar refractivity (Wildman–Crippen MR) is 54.8 cm³/mol. The van der Waals surface area contributed by atoms with Gasteiger partial charge in [-0.2, -0.15) is 10.4 Å². The van der Waals surface area contributed by atoms with Crippen molar-refractivity contribution in [2.75, 3.05) is 18.0 Å². The lowest BCUT2D eigenvalue weighted by atomic mass is 10.3. The molecule has 0 aromatic carbocycles. The fourth-order valence-electron chi connectivity index (χ4n) is 1.17. The molecule has 1 rings (SSSR count). The van der Waals surface area contributed by atoms with Gasteiger partial charge in [0, 0.05) is 13.1 Å². The standard InChI is InChI=1S/C10H12N4/c1-3-7-14(4-2)10-9(8-11)5-6-12-13-10/h3,5-6H,1,4,7H2,2H3. The fourth-order valence-corrected chi connectivity index (χ4v) is 1.17. The van der Waals surface area contributed by atoms with Crippen LogP contribution in [0.25, 0.3) is 0 Å². The van der Waals surface area contributed by atoms with Gasteiger partial charge in [0.25, 0.3) is 0 Å². The van der Waals surface area contributed by atoms with E-state index in [-0.39, 0.29) is 0 Å². The quantitative estimate of drug-likeness (QED) is 0.669. The van der Waals surface area contributed by atoms with Gasteiger partial charge in [-0.15, -0.1) is 11.7 Å². The van der Waals surface area contributed by atoms with E-state index < -0.39 is 0 Å². The van der Waals surface area contributed by atoms with Crippen LogP contribution in [0.3, 0.4) is 0 Å². The lowest BCUT2D eigenvalue weighted by Gasteiger charge is -2.19. The summed E-state index contributed by atoms with van der Waals surface area (Å²) in [6, 6.07) is 3.75. The van der Waals surface area contributed by atoms with E-state index in [9.17, 15) is 0 Å². The molecule has 0 spiro atoms. The van der Waals surface area contributed by atoms with E-state index in [1.807, 2.05) is 11.8 Å². The zero-order chi connectivity index (χ0) is 10.4. The number of hydrogen-bond acceptors (Lipinski definition) is 4. The van der Waals surface area contributed by atoms with Gasteiger partial charge < -0.3 is 4.90 Å². The molecule has 0 aliphatic carbocycles. The molecule has 1 heterocycles. The Kier molecular flexibility index (Phi) is 3.62. The van der Waals surface area contributed by atoms with Crippen LogP contribution in [0.15, 0.2) is 24.9 Å². The minimum atomic E-state index is 0.545. The minimum absolute atomic E-state index is 0.545. The molecule has 0 atom stereocenters. The molecule has 0 saturated heterocycles. The molecule has 0 saturated carbocycles. The van der Waals surface area contributed by atoms with Crippen molar-refractivity contribution < 1.29 is 0 Å². The highest BCUT2D eigenvalue weighted by Gasteiger charge is 2.09. The maximum atomic E-state index is 8.86. The van der Waals surface area contributed by atoms with Crippen LogP contribution in [-0.4, -0.2) is 23.3 Å². The average Bonchev–Trinajstić information content (AvgIpc) is 2.26. The predicted octanol–water partition coefficient (Wildman–Crippen LogP) is 1.36. The Morgan fingerprint density at radius 1 is 1.71 bits per heavy atom. The second-order valence-corrected chi connectivity index (χ2v) is 2.71. The smallest absolute Gasteiger partial charge is 0.169 e. The number of likely N-dealkylation sites (N-methyl/N-ethyl adjacent to an activating group) is 1. The molecule has 1 aromatic heterocycles. The van der Waals surface area contributed by atoms with Crippen molar-refractivity contribution in [1.82, 2.24) is 10.2 Å². The van der Waals surface area contributed by atoms with Gasteiger partial charge in [0.15, 0.2) is 5.82 Å². The Bertz CT molecular complexity index is 353. The largest absolute Gasteiger partial charge is 0.351 e. The lowest BCUT2D eigenvalue weighted by molar-refractivity contribution is 0.851. The topological polar surface area (TPSA) is 52.8 Å². The normalized spacial score (nSPS) is 9.14. The summed E-state index contributed by atoms with van der Waals surface area (Å²) < 4.78 is 0. The molecule has 0 amide bonds. The van der Waals surface area contributed by atoms with Gasteiger partial charge in [-0.1, -0.05) is 6.08 Å². The maximum Gasteiger partial charge on any atom is 0.169 e. The molecule has 0 bridgehead atoms. The summed E-state index contributed by atoms with van der Waals surface area (Å²) in [5.74, 6) is 0.623. The molecular formula is C10H12N4. The molecule has 4 heteroatoms. The van der Waals surface area contributed by atoms with E-state index in [1.165, 1.54) is 6.20 Å². The van der Waals surface area contributed by atoms with Gasteiger partial charge in [-0.25, -0.2) is 0 Å². The second kappa shape index (κ2) is 4.97. The first kappa shape index (κ1) is 10.2. The fraction of sp³-hybridized carbons (Fsp3) is 0.300. The van der Waals surface area contributed by atoms with Gasteiger partial charge in [0.1, 0.15) is 6.07 Å². The van der Waals surface area contributed by atoms with Crippen LogP contribution < -0.4 is 4.90 Å². The zero-order valence-corrected chi connectivity index (χ0v) is 8.14. The van der Waals surface area contributed by atoms with Crippen LogP contribution in [0.1, 0.15) is 12.5 Å². The summed E-state index contributed by atoms with van der Waals surface area (Å²) in [6.45, 7) is 7.10. The highest BCUT2D eigenvalue weighted by atomic mass is 15.3. The van der Waals surface area contributed by atoms with Crippen LogP contribution in [-0.2, 0) is 0 Å². The van der Waals surface area contributed by atoms with E-state index in [2.05, 4.69) is 22.8 Å². The summed E-state index contributed by atoms with van der Waals surface area (Å²) in [5, 5.41) is 16.6. The number of anilines is 1. The minimum Gasteiger partial charge on any atom is -0.351 e. The van der Waals surface area contributed by atoms with E-state index in [4.69, 9.17) is 5.26 Å². The van der Waals surface area contributed by atoms with Crippen molar-refractivity contribution >= 4 is 5.82 Å². The van der Waals surface area contributed by atoms with E-state index >= 15 is 0 Å². The van der Waals surface area contributed by atoms with E-state index in [0.29, 0.717) is 17.9 Å². The van der Waals surface area contributed by atoms with Crippen molar-refractivity contribution in [3.8, 4) is 6.07 Å². The summed E-state index contributed by atoms with van der Waals surface area (Å²) in [6.07, 6.45) is 3.29. The van der Waals surface area contributed by atoms with Gasteiger partial charge in [0.05, 0.1) is 11.8 Å². The summed E-state index contributed by atoms with van der Waals surface area (Å²) in [5.41, 5.74) is 0.545. The molecule has 0 N–H and O–H groups in total. The molecule has 0 fully saturated rings. The third kappa shape index (κ3) is 2.07. The highest BCUT2D eigenvalue weighted by Crippen LogP contribution is 2.14. The van der Waals surface area contributed by atoms with Crippen LogP contribution in [0.2, 0.25) is 0 Å². The first-order valence-corrected chi connectivity index (χ1v) is 4.41. The molecule has 4 nitrogen and oxygen atoms in total. The number of hydrogen-bond donors (Lipinski definition) is 0. The molecule has 0 radical (unpaired) electrons. The third-order valence-electron chi connectivity index (χ3n) is 1.85. The van der Waals surface area contributed by atoms with Crippen LogP contribution in [0, 0.1) is 11.3 Å². The molecule has 0 aliphatic heterocycles. The molecule has 72 valence electrons. The third-order valence-corrected chi connectivity index (χ3v) is 1.85. The number of rotatable bonds is 4. The second-order valence-electron chi connectivity index (χ2n) is 2.71. The molecular weight excluding hydrogens is 176 g/mol. The number of nitrogens with zero attached hydrogens (tertiary/aromatic N) is 4. The Balaban J connectivity index is 3.03. The van der Waals surface area contributed by atoms with Gasteiger partial charge >= 0.3 is 0 Å². The van der Waals surface area contributed by atoms with Gasteiger partial charge in [-0.3, -0.25) is 0 Å². The van der Waals surface area contributed by atoms with Crippen molar-refractivity contribution in [2.24, 2.45) is 0 Å². The first-order valence-electron chi connectivity index (χ1n) is 4.41. The highest BCUT2D eigenvalue weighted by molar-refractivity contribution is 5.52. The Labute approximate surface area is 83.5 Å². The maximum absolute atomic E-state index is 8.86. The monoisotopic (exact) mass is 188 g/mol. The SMILES string of the molecule is C=CCN(CC)c1nnccc1C#N. The molecule has 0 aliphatic rings. The van der Waals surface area contributed by atoms with Crippen molar-refractivity contribution in [3.63, 3.8) is 0 Å². The van der Waals surface area contributed by atoms with Crippen molar-refractivity contribution in [1.29, 1.82) is 5.26 Å². The van der Waals surface area contributed by atoms with Crippen LogP contribution in [0.5, 0.6) is 0 Å².